The van der Waals surface area contributed by atoms with Gasteiger partial charge in [-0.25, -0.2) is 27.2 Å². The second kappa shape index (κ2) is 9.17. The molecular weight excluding hydrogens is 450 g/mol. The van der Waals surface area contributed by atoms with Crippen LogP contribution >= 0.6 is 0 Å². The number of benzene rings is 1. The van der Waals surface area contributed by atoms with E-state index in [9.17, 15) is 17.2 Å². The number of fused-ring (bicyclic) bond motifs is 1. The van der Waals surface area contributed by atoms with E-state index in [2.05, 4.69) is 20.3 Å². The second-order valence-corrected chi connectivity index (χ2v) is 10.6. The zero-order valence-corrected chi connectivity index (χ0v) is 19.5. The number of nitrogens with one attached hydrogen (secondary N) is 1. The standard InChI is InChI=1S/C23H26F2N4O3S/c1-13(24)16-5-4-6-17(20(16)25)14(2)28-21-19-11-18(15-7-9-33(30,31)10-8-15)23(32-3)29-22(19)27-12-26-21/h4-6,11-15H,7-10H2,1-3H3,(H,26,27,28,29)/t13?,14-/m1/s1. The van der Waals surface area contributed by atoms with Gasteiger partial charge in [-0.1, -0.05) is 18.2 Å². The molecule has 1 N–H and O–H groups in total. The molecule has 2 atom stereocenters. The van der Waals surface area contributed by atoms with Crippen molar-refractivity contribution in [3.63, 3.8) is 0 Å². The maximum absolute atomic E-state index is 14.9. The Kier molecular flexibility index (Phi) is 6.47. The number of ether oxygens (including phenoxy) is 1. The molecule has 0 radical (unpaired) electrons. The fourth-order valence-corrected chi connectivity index (χ4v) is 5.74. The lowest BCUT2D eigenvalue weighted by Gasteiger charge is -2.24. The molecule has 3 aromatic rings. The number of alkyl halides is 1. The van der Waals surface area contributed by atoms with Crippen molar-refractivity contribution in [3.8, 4) is 5.88 Å². The molecule has 1 fully saturated rings. The average Bonchev–Trinajstić information content (AvgIpc) is 2.78. The van der Waals surface area contributed by atoms with Gasteiger partial charge in [0.25, 0.3) is 0 Å². The molecule has 1 aliphatic rings. The molecule has 3 heterocycles. The normalized spacial score (nSPS) is 18.1. The molecule has 0 spiro atoms. The van der Waals surface area contributed by atoms with Crippen molar-refractivity contribution in [1.82, 2.24) is 15.0 Å². The first-order valence-corrected chi connectivity index (χ1v) is 12.6. The average molecular weight is 477 g/mol. The lowest BCUT2D eigenvalue weighted by molar-refractivity contribution is 0.360. The number of hydrogen-bond acceptors (Lipinski definition) is 7. The molecule has 1 aliphatic heterocycles. The third kappa shape index (κ3) is 4.75. The molecule has 1 saturated heterocycles. The third-order valence-electron chi connectivity index (χ3n) is 6.11. The first kappa shape index (κ1) is 23.3. The van der Waals surface area contributed by atoms with Crippen LogP contribution in [0.4, 0.5) is 14.6 Å². The Balaban J connectivity index is 1.71. The molecule has 176 valence electrons. The van der Waals surface area contributed by atoms with Crippen LogP contribution in [0.25, 0.3) is 11.0 Å². The van der Waals surface area contributed by atoms with E-state index in [0.717, 1.165) is 5.56 Å². The number of anilines is 1. The second-order valence-electron chi connectivity index (χ2n) is 8.34. The molecule has 4 rings (SSSR count). The molecule has 7 nitrogen and oxygen atoms in total. The van der Waals surface area contributed by atoms with Crippen LogP contribution in [0.3, 0.4) is 0 Å². The van der Waals surface area contributed by atoms with Gasteiger partial charge >= 0.3 is 0 Å². The molecule has 0 saturated carbocycles. The summed E-state index contributed by atoms with van der Waals surface area (Å²) in [5.41, 5.74) is 1.53. The number of pyridine rings is 1. The summed E-state index contributed by atoms with van der Waals surface area (Å²) in [5, 5.41) is 3.81. The van der Waals surface area contributed by atoms with Gasteiger partial charge in [0.1, 0.15) is 34.0 Å². The Morgan fingerprint density at radius 3 is 2.52 bits per heavy atom. The molecule has 2 aromatic heterocycles. The Morgan fingerprint density at radius 2 is 1.85 bits per heavy atom. The van der Waals surface area contributed by atoms with Crippen molar-refractivity contribution in [3.05, 3.63) is 53.1 Å². The molecule has 0 bridgehead atoms. The minimum absolute atomic E-state index is 0.00892. The Bertz CT molecular complexity index is 1270. The van der Waals surface area contributed by atoms with Crippen molar-refractivity contribution in [2.75, 3.05) is 23.9 Å². The fourth-order valence-electron chi connectivity index (χ4n) is 4.25. The van der Waals surface area contributed by atoms with E-state index >= 15 is 0 Å². The van der Waals surface area contributed by atoms with Gasteiger partial charge in [-0.05, 0) is 38.7 Å². The zero-order valence-electron chi connectivity index (χ0n) is 18.7. The van der Waals surface area contributed by atoms with Gasteiger partial charge in [0.2, 0.25) is 5.88 Å². The van der Waals surface area contributed by atoms with Gasteiger partial charge in [0.15, 0.2) is 5.65 Å². The number of hydrogen-bond donors (Lipinski definition) is 1. The number of sulfone groups is 1. The summed E-state index contributed by atoms with van der Waals surface area (Å²) in [6.45, 7) is 3.07. The highest BCUT2D eigenvalue weighted by molar-refractivity contribution is 7.91. The minimum Gasteiger partial charge on any atom is -0.481 e. The summed E-state index contributed by atoms with van der Waals surface area (Å²) >= 11 is 0. The highest BCUT2D eigenvalue weighted by atomic mass is 32.2. The molecular formula is C23H26F2N4O3S. The van der Waals surface area contributed by atoms with E-state index in [-0.39, 0.29) is 23.0 Å². The summed E-state index contributed by atoms with van der Waals surface area (Å²) in [7, 11) is -1.50. The van der Waals surface area contributed by atoms with E-state index in [1.807, 2.05) is 6.07 Å². The number of halogens is 2. The highest BCUT2D eigenvalue weighted by Gasteiger charge is 2.28. The maximum atomic E-state index is 14.9. The molecule has 1 aromatic carbocycles. The lowest BCUT2D eigenvalue weighted by Crippen LogP contribution is -2.22. The van der Waals surface area contributed by atoms with Crippen molar-refractivity contribution in [2.45, 2.75) is 44.8 Å². The van der Waals surface area contributed by atoms with Gasteiger partial charge in [0.05, 0.1) is 30.0 Å². The van der Waals surface area contributed by atoms with Crippen molar-refractivity contribution in [2.24, 2.45) is 0 Å². The van der Waals surface area contributed by atoms with Gasteiger partial charge < -0.3 is 10.1 Å². The summed E-state index contributed by atoms with van der Waals surface area (Å²) < 4.78 is 57.9. The van der Waals surface area contributed by atoms with Crippen molar-refractivity contribution in [1.29, 1.82) is 0 Å². The van der Waals surface area contributed by atoms with Gasteiger partial charge in [-0.3, -0.25) is 0 Å². The number of methoxy groups -OCH3 is 1. The van der Waals surface area contributed by atoms with Crippen LogP contribution in [0.2, 0.25) is 0 Å². The van der Waals surface area contributed by atoms with Crippen LogP contribution in [0, 0.1) is 5.82 Å². The van der Waals surface area contributed by atoms with Crippen molar-refractivity contribution >= 4 is 26.7 Å². The molecule has 0 amide bonds. The number of rotatable bonds is 6. The van der Waals surface area contributed by atoms with E-state index in [1.165, 1.54) is 26.4 Å². The molecule has 33 heavy (non-hydrogen) atoms. The predicted octanol–water partition coefficient (Wildman–Crippen LogP) is 4.67. The number of aromatic nitrogens is 3. The molecule has 1 unspecified atom stereocenters. The first-order valence-electron chi connectivity index (χ1n) is 10.8. The smallest absolute Gasteiger partial charge is 0.218 e. The highest BCUT2D eigenvalue weighted by Crippen LogP contribution is 2.37. The quantitative estimate of drug-likeness (QED) is 0.553. The summed E-state index contributed by atoms with van der Waals surface area (Å²) in [6, 6.07) is 6.03. The van der Waals surface area contributed by atoms with Crippen LogP contribution < -0.4 is 10.1 Å². The van der Waals surface area contributed by atoms with E-state index in [1.54, 1.807) is 19.1 Å². The predicted molar refractivity (Wildman–Crippen MR) is 122 cm³/mol. The lowest BCUT2D eigenvalue weighted by atomic mass is 9.93. The Hall–Kier alpha value is -2.88. The van der Waals surface area contributed by atoms with Crippen LogP contribution in [0.1, 0.15) is 61.5 Å². The van der Waals surface area contributed by atoms with Crippen LogP contribution in [0.5, 0.6) is 5.88 Å². The largest absolute Gasteiger partial charge is 0.481 e. The van der Waals surface area contributed by atoms with Crippen molar-refractivity contribution < 1.29 is 21.9 Å². The summed E-state index contributed by atoms with van der Waals surface area (Å²) in [5.74, 6) is 0.482. The zero-order chi connectivity index (χ0) is 23.8. The summed E-state index contributed by atoms with van der Waals surface area (Å²) in [6.07, 6.45) is 0.902. The SMILES string of the molecule is COc1nc2ncnc(N[C@H](C)c3cccc(C(C)F)c3F)c2cc1C1CCS(=O)(=O)CC1. The van der Waals surface area contributed by atoms with Gasteiger partial charge in [0, 0.05) is 16.7 Å². The Morgan fingerprint density at radius 1 is 1.15 bits per heavy atom. The summed E-state index contributed by atoms with van der Waals surface area (Å²) in [4.78, 5) is 13.1. The van der Waals surface area contributed by atoms with E-state index in [4.69, 9.17) is 4.74 Å². The van der Waals surface area contributed by atoms with Gasteiger partial charge in [-0.2, -0.15) is 4.98 Å². The molecule has 10 heteroatoms. The number of nitrogens with zero attached hydrogens (tertiary/aromatic N) is 3. The fraction of sp³-hybridized carbons (Fsp3) is 0.435. The van der Waals surface area contributed by atoms with Crippen LogP contribution in [-0.4, -0.2) is 42.0 Å². The maximum Gasteiger partial charge on any atom is 0.218 e. The minimum atomic E-state index is -3.01. The van der Waals surface area contributed by atoms with Gasteiger partial charge in [-0.15, -0.1) is 0 Å². The van der Waals surface area contributed by atoms with E-state index in [0.29, 0.717) is 41.1 Å². The Labute approximate surface area is 191 Å². The van der Waals surface area contributed by atoms with E-state index < -0.39 is 27.9 Å². The topological polar surface area (TPSA) is 94.1 Å². The van der Waals surface area contributed by atoms with Crippen LogP contribution in [0.15, 0.2) is 30.6 Å². The first-order chi connectivity index (χ1) is 15.7. The van der Waals surface area contributed by atoms with Crippen LogP contribution in [-0.2, 0) is 9.84 Å². The monoisotopic (exact) mass is 476 g/mol. The molecule has 0 aliphatic carbocycles. The third-order valence-corrected chi connectivity index (χ3v) is 7.83.